The minimum atomic E-state index is -0.788. The molecule has 30 heavy (non-hydrogen) atoms. The second-order valence-corrected chi connectivity index (χ2v) is 7.71. The Hall–Kier alpha value is -2.90. The second-order valence-electron chi connectivity index (χ2n) is 6.87. The van der Waals surface area contributed by atoms with Gasteiger partial charge >= 0.3 is 5.97 Å². The Morgan fingerprint density at radius 3 is 2.50 bits per heavy atom. The maximum atomic E-state index is 12.3. The van der Waals surface area contributed by atoms with Crippen molar-refractivity contribution in [1.29, 1.82) is 0 Å². The maximum absolute atomic E-state index is 12.3. The van der Waals surface area contributed by atoms with Gasteiger partial charge in [0.1, 0.15) is 0 Å². The number of hydrogen-bond donors (Lipinski definition) is 1. The molecule has 0 bridgehead atoms. The van der Waals surface area contributed by atoms with Crippen LogP contribution in [0.5, 0.6) is 0 Å². The Balaban J connectivity index is 1.53. The third-order valence-corrected chi connectivity index (χ3v) is 5.13. The first kappa shape index (κ1) is 21.8. The van der Waals surface area contributed by atoms with Crippen molar-refractivity contribution in [2.45, 2.75) is 13.3 Å². The summed E-state index contributed by atoms with van der Waals surface area (Å²) in [6.45, 7) is 1.35. The Kier molecular flexibility index (Phi) is 6.74. The fourth-order valence-electron chi connectivity index (χ4n) is 2.91. The molecule has 1 aliphatic rings. The molecule has 1 heterocycles. The van der Waals surface area contributed by atoms with Gasteiger partial charge in [-0.3, -0.25) is 29.6 Å². The lowest BCUT2D eigenvalue weighted by atomic mass is 10.1. The number of aryl methyl sites for hydroxylation is 1. The average molecular weight is 449 g/mol. The van der Waals surface area contributed by atoms with Crippen molar-refractivity contribution in [3.63, 3.8) is 0 Å². The minimum Gasteiger partial charge on any atom is -0.457 e. The molecule has 1 N–H and O–H groups in total. The number of rotatable bonds is 6. The molecule has 1 atom stereocenters. The van der Waals surface area contributed by atoms with Crippen molar-refractivity contribution < 1.29 is 23.9 Å². The zero-order valence-corrected chi connectivity index (χ0v) is 17.5. The Morgan fingerprint density at radius 1 is 1.13 bits per heavy atom. The van der Waals surface area contributed by atoms with E-state index in [0.717, 1.165) is 10.6 Å². The van der Waals surface area contributed by atoms with Crippen LogP contribution in [0.2, 0.25) is 10.0 Å². The number of ether oxygens (including phenoxy) is 1. The number of carbonyl (C=O) groups is 4. The molecule has 1 unspecified atom stereocenters. The molecule has 3 rings (SSSR count). The number of amides is 2. The van der Waals surface area contributed by atoms with E-state index in [1.165, 1.54) is 18.2 Å². The molecule has 9 heteroatoms. The van der Waals surface area contributed by atoms with Gasteiger partial charge in [0.15, 0.2) is 6.61 Å². The molecule has 156 valence electrons. The van der Waals surface area contributed by atoms with Crippen molar-refractivity contribution in [3.05, 3.63) is 69.2 Å². The lowest BCUT2D eigenvalue weighted by molar-refractivity contribution is -0.147. The van der Waals surface area contributed by atoms with E-state index in [2.05, 4.69) is 5.43 Å². The van der Waals surface area contributed by atoms with E-state index in [1.54, 1.807) is 24.3 Å². The Morgan fingerprint density at radius 2 is 1.83 bits per heavy atom. The van der Waals surface area contributed by atoms with E-state index in [0.29, 0.717) is 10.6 Å². The first-order valence-electron chi connectivity index (χ1n) is 9.07. The second kappa shape index (κ2) is 9.28. The summed E-state index contributed by atoms with van der Waals surface area (Å²) in [5, 5.41) is 1.63. The van der Waals surface area contributed by atoms with Crippen LogP contribution >= 0.6 is 23.2 Å². The van der Waals surface area contributed by atoms with Crippen LogP contribution in [-0.4, -0.2) is 41.7 Å². The van der Waals surface area contributed by atoms with Gasteiger partial charge < -0.3 is 4.74 Å². The monoisotopic (exact) mass is 448 g/mol. The van der Waals surface area contributed by atoms with Crippen LogP contribution in [0.25, 0.3) is 0 Å². The predicted molar refractivity (Wildman–Crippen MR) is 110 cm³/mol. The van der Waals surface area contributed by atoms with Crippen LogP contribution < -0.4 is 5.43 Å². The van der Waals surface area contributed by atoms with E-state index in [9.17, 15) is 19.2 Å². The van der Waals surface area contributed by atoms with Gasteiger partial charge in [-0.05, 0) is 37.3 Å². The van der Waals surface area contributed by atoms with Gasteiger partial charge in [-0.15, -0.1) is 0 Å². The summed E-state index contributed by atoms with van der Waals surface area (Å²) in [7, 11) is 0. The lowest BCUT2D eigenvalue weighted by Gasteiger charge is -2.17. The molecule has 0 radical (unpaired) electrons. The number of halogens is 2. The highest BCUT2D eigenvalue weighted by Gasteiger charge is 2.36. The topological polar surface area (TPSA) is 92.8 Å². The van der Waals surface area contributed by atoms with E-state index < -0.39 is 36.1 Å². The fourth-order valence-corrected chi connectivity index (χ4v) is 3.43. The quantitative estimate of drug-likeness (QED) is 0.540. The van der Waals surface area contributed by atoms with Crippen LogP contribution in [0.1, 0.15) is 32.7 Å². The molecule has 2 aromatic rings. The molecule has 1 saturated heterocycles. The number of Topliss-reactive ketones (excluding diaryl/α,β-unsaturated/α-hetero) is 1. The molecule has 0 aromatic heterocycles. The zero-order valence-electron chi connectivity index (χ0n) is 16.0. The highest BCUT2D eigenvalue weighted by atomic mass is 35.5. The van der Waals surface area contributed by atoms with Crippen LogP contribution in [0.4, 0.5) is 0 Å². The van der Waals surface area contributed by atoms with Gasteiger partial charge in [-0.25, -0.2) is 0 Å². The summed E-state index contributed by atoms with van der Waals surface area (Å²) in [5.74, 6) is -2.84. The van der Waals surface area contributed by atoms with Crippen LogP contribution in [-0.2, 0) is 14.3 Å². The zero-order chi connectivity index (χ0) is 21.8. The Bertz CT molecular complexity index is 1010. The van der Waals surface area contributed by atoms with E-state index in [4.69, 9.17) is 27.9 Å². The fraction of sp³-hybridized carbons (Fsp3) is 0.238. The normalized spacial score (nSPS) is 15.8. The molecule has 0 aliphatic carbocycles. The molecule has 0 spiro atoms. The standard InChI is InChI=1S/C21H18Cl2N2O5/c1-12-2-4-13(5-3-12)20(28)24-25-10-14(8-19(25)27)21(29)30-11-18(26)16-7-6-15(22)9-17(16)23/h2-7,9,14H,8,10-11H2,1H3,(H,24,28). The number of nitrogens with one attached hydrogen (secondary N) is 1. The molecular weight excluding hydrogens is 431 g/mol. The number of hydrazine groups is 1. The number of hydrogen-bond acceptors (Lipinski definition) is 5. The minimum absolute atomic E-state index is 0.0365. The third kappa shape index (κ3) is 5.17. The van der Waals surface area contributed by atoms with Crippen LogP contribution in [0, 0.1) is 12.8 Å². The summed E-state index contributed by atoms with van der Waals surface area (Å²) in [5.41, 5.74) is 4.07. The van der Waals surface area contributed by atoms with Gasteiger partial charge in [-0.1, -0.05) is 40.9 Å². The number of ketones is 1. The van der Waals surface area contributed by atoms with Crippen molar-refractivity contribution >= 4 is 46.8 Å². The highest BCUT2D eigenvalue weighted by molar-refractivity contribution is 6.36. The van der Waals surface area contributed by atoms with Crippen LogP contribution in [0.15, 0.2) is 42.5 Å². The molecule has 2 amide bonds. The van der Waals surface area contributed by atoms with Gasteiger partial charge in [0, 0.05) is 22.6 Å². The first-order chi connectivity index (χ1) is 14.2. The van der Waals surface area contributed by atoms with Crippen LogP contribution in [0.3, 0.4) is 0 Å². The van der Waals surface area contributed by atoms with Gasteiger partial charge in [0.25, 0.3) is 5.91 Å². The number of nitrogens with zero attached hydrogens (tertiary/aromatic N) is 1. The molecule has 1 fully saturated rings. The summed E-state index contributed by atoms with van der Waals surface area (Å²) in [6, 6.07) is 11.2. The summed E-state index contributed by atoms with van der Waals surface area (Å²) < 4.78 is 5.06. The SMILES string of the molecule is Cc1ccc(C(=O)NN2CC(C(=O)OCC(=O)c3ccc(Cl)cc3Cl)CC2=O)cc1. The van der Waals surface area contributed by atoms with Gasteiger partial charge in [-0.2, -0.15) is 0 Å². The van der Waals surface area contributed by atoms with E-state index in [-0.39, 0.29) is 23.6 Å². The number of carbonyl (C=O) groups excluding carboxylic acids is 4. The van der Waals surface area contributed by atoms with E-state index >= 15 is 0 Å². The third-order valence-electron chi connectivity index (χ3n) is 4.59. The molecule has 2 aromatic carbocycles. The largest absolute Gasteiger partial charge is 0.457 e. The molecule has 0 saturated carbocycles. The number of benzene rings is 2. The smallest absolute Gasteiger partial charge is 0.311 e. The van der Waals surface area contributed by atoms with Crippen molar-refractivity contribution in [2.75, 3.05) is 13.2 Å². The van der Waals surface area contributed by atoms with Crippen molar-refractivity contribution in [3.8, 4) is 0 Å². The summed E-state index contributed by atoms with van der Waals surface area (Å²) in [6.07, 6.45) is -0.122. The Labute approximate surface area is 182 Å². The van der Waals surface area contributed by atoms with Crippen molar-refractivity contribution in [2.24, 2.45) is 5.92 Å². The molecule has 7 nitrogen and oxygen atoms in total. The predicted octanol–water partition coefficient (Wildman–Crippen LogP) is 3.22. The van der Waals surface area contributed by atoms with Gasteiger partial charge in [0.2, 0.25) is 11.7 Å². The number of esters is 1. The first-order valence-corrected chi connectivity index (χ1v) is 9.83. The van der Waals surface area contributed by atoms with E-state index in [1.807, 2.05) is 6.92 Å². The molecular formula is C21H18Cl2N2O5. The molecule has 1 aliphatic heterocycles. The maximum Gasteiger partial charge on any atom is 0.311 e. The van der Waals surface area contributed by atoms with Crippen molar-refractivity contribution in [1.82, 2.24) is 10.4 Å². The summed E-state index contributed by atoms with van der Waals surface area (Å²) in [4.78, 5) is 48.9. The lowest BCUT2D eigenvalue weighted by Crippen LogP contribution is -2.43. The average Bonchev–Trinajstić information content (AvgIpc) is 3.06. The van der Waals surface area contributed by atoms with Gasteiger partial charge in [0.05, 0.1) is 17.5 Å². The summed E-state index contributed by atoms with van der Waals surface area (Å²) >= 11 is 11.8. The highest BCUT2D eigenvalue weighted by Crippen LogP contribution is 2.22.